The third kappa shape index (κ3) is 2.35. The van der Waals surface area contributed by atoms with Gasteiger partial charge in [-0.2, -0.15) is 13.2 Å². The standard InChI is InChI=1S/C9H7F3N2.C2H6/c1-5-13-7-4-2-3-6(8(7)14-5)9(10,11)12;1-2/h2-4H,1H3,(H,13,14);1-2H3. The average Bonchev–Trinajstić information content (AvgIpc) is 2.58. The van der Waals surface area contributed by atoms with Gasteiger partial charge in [0.25, 0.3) is 0 Å². The molecule has 0 fully saturated rings. The van der Waals surface area contributed by atoms with Crippen LogP contribution in [0, 0.1) is 6.92 Å². The van der Waals surface area contributed by atoms with Gasteiger partial charge in [0.05, 0.1) is 11.1 Å². The molecular weight excluding hydrogens is 217 g/mol. The zero-order valence-corrected chi connectivity index (χ0v) is 9.31. The number of H-pyrrole nitrogens is 1. The Bertz CT molecular complexity index is 472. The lowest BCUT2D eigenvalue weighted by Crippen LogP contribution is -2.05. The second-order valence-electron chi connectivity index (χ2n) is 3.02. The quantitative estimate of drug-likeness (QED) is 0.730. The molecule has 1 heterocycles. The second-order valence-corrected chi connectivity index (χ2v) is 3.02. The predicted molar refractivity (Wildman–Crippen MR) is 57.2 cm³/mol. The van der Waals surface area contributed by atoms with Gasteiger partial charge < -0.3 is 4.98 Å². The molecule has 0 saturated heterocycles. The molecular formula is C11H13F3N2. The van der Waals surface area contributed by atoms with E-state index in [4.69, 9.17) is 0 Å². The molecule has 1 N–H and O–H groups in total. The number of fused-ring (bicyclic) bond motifs is 1. The number of halogens is 3. The molecule has 2 nitrogen and oxygen atoms in total. The lowest BCUT2D eigenvalue weighted by atomic mass is 10.2. The number of imidazole rings is 1. The maximum Gasteiger partial charge on any atom is 0.418 e. The topological polar surface area (TPSA) is 28.7 Å². The van der Waals surface area contributed by atoms with Gasteiger partial charge in [-0.05, 0) is 19.1 Å². The van der Waals surface area contributed by atoms with Gasteiger partial charge in [0.15, 0.2) is 0 Å². The molecule has 0 aliphatic heterocycles. The Morgan fingerprint density at radius 1 is 1.19 bits per heavy atom. The molecule has 0 unspecified atom stereocenters. The van der Waals surface area contributed by atoms with Crippen LogP contribution in [-0.2, 0) is 6.18 Å². The van der Waals surface area contributed by atoms with Crippen molar-refractivity contribution in [1.82, 2.24) is 9.97 Å². The summed E-state index contributed by atoms with van der Waals surface area (Å²) in [4.78, 5) is 6.56. The van der Waals surface area contributed by atoms with E-state index in [9.17, 15) is 13.2 Å². The zero-order valence-electron chi connectivity index (χ0n) is 9.31. The molecule has 5 heteroatoms. The van der Waals surface area contributed by atoms with Crippen LogP contribution in [0.2, 0.25) is 0 Å². The van der Waals surface area contributed by atoms with E-state index in [0.717, 1.165) is 6.07 Å². The normalized spacial score (nSPS) is 11.1. The van der Waals surface area contributed by atoms with Crippen molar-refractivity contribution in [3.8, 4) is 0 Å². The van der Waals surface area contributed by atoms with E-state index in [1.54, 1.807) is 13.0 Å². The fourth-order valence-electron chi connectivity index (χ4n) is 1.38. The molecule has 0 saturated carbocycles. The first-order chi connectivity index (χ1) is 7.48. The first-order valence-electron chi connectivity index (χ1n) is 5.01. The van der Waals surface area contributed by atoms with Crippen LogP contribution in [-0.4, -0.2) is 9.97 Å². The van der Waals surface area contributed by atoms with E-state index in [1.165, 1.54) is 6.07 Å². The average molecular weight is 230 g/mol. The number of para-hydroxylation sites is 1. The lowest BCUT2D eigenvalue weighted by molar-refractivity contribution is -0.136. The van der Waals surface area contributed by atoms with Gasteiger partial charge in [-0.15, -0.1) is 0 Å². The Balaban J connectivity index is 0.000000606. The second kappa shape index (κ2) is 4.55. The van der Waals surface area contributed by atoms with Crippen molar-refractivity contribution in [3.05, 3.63) is 29.6 Å². The van der Waals surface area contributed by atoms with E-state index in [-0.39, 0.29) is 5.52 Å². The molecule has 0 aliphatic carbocycles. The molecule has 16 heavy (non-hydrogen) atoms. The van der Waals surface area contributed by atoms with Crippen molar-refractivity contribution in [2.75, 3.05) is 0 Å². The van der Waals surface area contributed by atoms with Crippen LogP contribution in [0.25, 0.3) is 11.0 Å². The van der Waals surface area contributed by atoms with Crippen LogP contribution in [0.3, 0.4) is 0 Å². The summed E-state index contributed by atoms with van der Waals surface area (Å²) in [6.45, 7) is 5.63. The van der Waals surface area contributed by atoms with Gasteiger partial charge in [0, 0.05) is 0 Å². The maximum atomic E-state index is 12.5. The van der Waals surface area contributed by atoms with Crippen molar-refractivity contribution in [1.29, 1.82) is 0 Å². The highest BCUT2D eigenvalue weighted by Gasteiger charge is 2.33. The van der Waals surface area contributed by atoms with Gasteiger partial charge in [0.2, 0.25) is 0 Å². The van der Waals surface area contributed by atoms with Crippen LogP contribution in [0.5, 0.6) is 0 Å². The van der Waals surface area contributed by atoms with Crippen LogP contribution in [0.4, 0.5) is 13.2 Å². The fourth-order valence-corrected chi connectivity index (χ4v) is 1.38. The molecule has 1 aromatic heterocycles. The molecule has 0 atom stereocenters. The predicted octanol–water partition coefficient (Wildman–Crippen LogP) is 3.92. The third-order valence-electron chi connectivity index (χ3n) is 1.94. The van der Waals surface area contributed by atoms with Crippen LogP contribution in [0.1, 0.15) is 25.2 Å². The number of hydrogen-bond donors (Lipinski definition) is 1. The molecule has 2 rings (SSSR count). The van der Waals surface area contributed by atoms with E-state index >= 15 is 0 Å². The first-order valence-corrected chi connectivity index (χ1v) is 5.01. The molecule has 0 amide bonds. The monoisotopic (exact) mass is 230 g/mol. The Kier molecular flexibility index (Phi) is 3.57. The fraction of sp³-hybridized carbons (Fsp3) is 0.364. The minimum absolute atomic E-state index is 0.0162. The summed E-state index contributed by atoms with van der Waals surface area (Å²) in [7, 11) is 0. The highest BCUT2D eigenvalue weighted by atomic mass is 19.4. The van der Waals surface area contributed by atoms with E-state index in [2.05, 4.69) is 9.97 Å². The Morgan fingerprint density at radius 2 is 1.81 bits per heavy atom. The smallest absolute Gasteiger partial charge is 0.342 e. The summed E-state index contributed by atoms with van der Waals surface area (Å²) in [6, 6.07) is 3.97. The first kappa shape index (κ1) is 12.5. The van der Waals surface area contributed by atoms with Crippen molar-refractivity contribution >= 4 is 11.0 Å². The minimum Gasteiger partial charge on any atom is -0.342 e. The molecule has 2 aromatic rings. The van der Waals surface area contributed by atoms with Crippen molar-refractivity contribution in [2.45, 2.75) is 26.9 Å². The number of nitrogens with zero attached hydrogens (tertiary/aromatic N) is 1. The number of alkyl halides is 3. The van der Waals surface area contributed by atoms with Gasteiger partial charge >= 0.3 is 6.18 Å². The van der Waals surface area contributed by atoms with Crippen molar-refractivity contribution < 1.29 is 13.2 Å². The Morgan fingerprint density at radius 3 is 2.38 bits per heavy atom. The molecule has 0 spiro atoms. The van der Waals surface area contributed by atoms with Crippen LogP contribution >= 0.6 is 0 Å². The highest BCUT2D eigenvalue weighted by molar-refractivity contribution is 5.79. The van der Waals surface area contributed by atoms with Crippen LogP contribution < -0.4 is 0 Å². The zero-order chi connectivity index (χ0) is 12.3. The number of rotatable bonds is 0. The molecule has 88 valence electrons. The summed E-state index contributed by atoms with van der Waals surface area (Å²) < 4.78 is 37.4. The van der Waals surface area contributed by atoms with Gasteiger partial charge in [-0.25, -0.2) is 4.98 Å². The number of aromatic amines is 1. The highest BCUT2D eigenvalue weighted by Crippen LogP contribution is 2.33. The third-order valence-corrected chi connectivity index (χ3v) is 1.94. The summed E-state index contributed by atoms with van der Waals surface area (Å²) in [6.07, 6.45) is -4.35. The lowest BCUT2D eigenvalue weighted by Gasteiger charge is -2.05. The molecule has 0 radical (unpaired) electrons. The summed E-state index contributed by atoms with van der Waals surface area (Å²) in [5.41, 5.74) is -0.297. The van der Waals surface area contributed by atoms with Gasteiger partial charge in [-0.1, -0.05) is 19.9 Å². The summed E-state index contributed by atoms with van der Waals surface area (Å²) in [5, 5.41) is 0. The number of nitrogens with one attached hydrogen (secondary N) is 1. The Labute approximate surface area is 91.5 Å². The molecule has 0 bridgehead atoms. The van der Waals surface area contributed by atoms with E-state index in [1.807, 2.05) is 13.8 Å². The number of aryl methyl sites for hydroxylation is 1. The Hall–Kier alpha value is -1.52. The van der Waals surface area contributed by atoms with E-state index < -0.39 is 11.7 Å². The maximum absolute atomic E-state index is 12.5. The van der Waals surface area contributed by atoms with E-state index in [0.29, 0.717) is 11.3 Å². The number of aromatic nitrogens is 2. The van der Waals surface area contributed by atoms with Crippen LogP contribution in [0.15, 0.2) is 18.2 Å². The number of benzene rings is 1. The van der Waals surface area contributed by atoms with Crippen molar-refractivity contribution in [3.63, 3.8) is 0 Å². The largest absolute Gasteiger partial charge is 0.418 e. The number of hydrogen-bond acceptors (Lipinski definition) is 1. The molecule has 0 aliphatic rings. The summed E-state index contributed by atoms with van der Waals surface area (Å²) in [5.74, 6) is 0.483. The van der Waals surface area contributed by atoms with Gasteiger partial charge in [-0.3, -0.25) is 0 Å². The minimum atomic E-state index is -4.35. The molecule has 1 aromatic carbocycles. The summed E-state index contributed by atoms with van der Waals surface area (Å²) >= 11 is 0. The van der Waals surface area contributed by atoms with Crippen molar-refractivity contribution in [2.24, 2.45) is 0 Å². The SMILES string of the molecule is CC.Cc1nc2c(C(F)(F)F)cccc2[nH]1. The van der Waals surface area contributed by atoms with Gasteiger partial charge in [0.1, 0.15) is 11.3 Å².